The third-order valence-electron chi connectivity index (χ3n) is 3.24. The van der Waals surface area contributed by atoms with E-state index in [4.69, 9.17) is 4.42 Å². The van der Waals surface area contributed by atoms with E-state index < -0.39 is 0 Å². The number of hydrogen-bond acceptors (Lipinski definition) is 6. The molecule has 0 bridgehead atoms. The van der Waals surface area contributed by atoms with Crippen LogP contribution in [0.4, 0.5) is 6.01 Å². The molecule has 2 aromatic rings. The Morgan fingerprint density at radius 1 is 1.47 bits per heavy atom. The molecule has 0 unspecified atom stereocenters. The van der Waals surface area contributed by atoms with Gasteiger partial charge in [0.25, 0.3) is 0 Å². The van der Waals surface area contributed by atoms with Crippen molar-refractivity contribution in [3.8, 4) is 0 Å². The molecule has 0 fully saturated rings. The fourth-order valence-electron chi connectivity index (χ4n) is 2.23. The maximum atomic E-state index is 5.71. The Hall–Kier alpha value is -1.40. The van der Waals surface area contributed by atoms with E-state index in [1.54, 1.807) is 0 Å². The highest BCUT2D eigenvalue weighted by Gasteiger charge is 2.21. The average molecular weight is 278 g/mol. The van der Waals surface area contributed by atoms with Crippen LogP contribution in [0, 0.1) is 0 Å². The second-order valence-corrected chi connectivity index (χ2v) is 5.70. The van der Waals surface area contributed by atoms with E-state index >= 15 is 0 Å². The van der Waals surface area contributed by atoms with E-state index in [1.807, 2.05) is 11.3 Å². The minimum Gasteiger partial charge on any atom is -0.407 e. The summed E-state index contributed by atoms with van der Waals surface area (Å²) in [5.74, 6) is 0.666. The van der Waals surface area contributed by atoms with Crippen LogP contribution in [0.2, 0.25) is 0 Å². The summed E-state index contributed by atoms with van der Waals surface area (Å²) in [4.78, 5) is 3.64. The lowest BCUT2D eigenvalue weighted by Gasteiger charge is -2.24. The van der Waals surface area contributed by atoms with E-state index in [-0.39, 0.29) is 0 Å². The number of anilines is 1. The lowest BCUT2D eigenvalue weighted by atomic mass is 10.1. The second-order valence-electron chi connectivity index (χ2n) is 4.70. The zero-order valence-corrected chi connectivity index (χ0v) is 11.9. The minimum absolute atomic E-state index is 0.644. The number of rotatable bonds is 5. The van der Waals surface area contributed by atoms with E-state index in [2.05, 4.69) is 38.8 Å². The normalized spacial score (nSPS) is 14.7. The van der Waals surface area contributed by atoms with E-state index in [1.165, 1.54) is 10.4 Å². The Kier molecular flexibility index (Phi) is 3.79. The van der Waals surface area contributed by atoms with Crippen molar-refractivity contribution >= 4 is 17.4 Å². The summed E-state index contributed by atoms with van der Waals surface area (Å²) in [7, 11) is 0. The van der Waals surface area contributed by atoms with Gasteiger partial charge in [-0.25, -0.2) is 0 Å². The molecule has 1 aliphatic heterocycles. The van der Waals surface area contributed by atoms with Crippen LogP contribution in [0.15, 0.2) is 15.9 Å². The molecule has 0 saturated heterocycles. The SMILES string of the molecule is CCCNCc1nnc(N2CCc3sccc3C2)o1. The van der Waals surface area contributed by atoms with Gasteiger partial charge in [0, 0.05) is 18.0 Å². The molecule has 19 heavy (non-hydrogen) atoms. The van der Waals surface area contributed by atoms with Crippen LogP contribution in [0.1, 0.15) is 29.7 Å². The second kappa shape index (κ2) is 5.71. The molecule has 0 radical (unpaired) electrons. The molecule has 1 N–H and O–H groups in total. The number of aromatic nitrogens is 2. The fourth-order valence-corrected chi connectivity index (χ4v) is 3.12. The molecular weight excluding hydrogens is 260 g/mol. The number of thiophene rings is 1. The molecule has 5 nitrogen and oxygen atoms in total. The monoisotopic (exact) mass is 278 g/mol. The van der Waals surface area contributed by atoms with Gasteiger partial charge in [-0.3, -0.25) is 0 Å². The van der Waals surface area contributed by atoms with Gasteiger partial charge >= 0.3 is 6.01 Å². The van der Waals surface area contributed by atoms with Gasteiger partial charge < -0.3 is 14.6 Å². The van der Waals surface area contributed by atoms with Crippen molar-refractivity contribution in [2.75, 3.05) is 18.0 Å². The lowest BCUT2D eigenvalue weighted by Crippen LogP contribution is -2.29. The van der Waals surface area contributed by atoms with Crippen LogP contribution >= 0.6 is 11.3 Å². The van der Waals surface area contributed by atoms with Crippen molar-refractivity contribution in [3.63, 3.8) is 0 Å². The Labute approximate surface area is 116 Å². The molecule has 102 valence electrons. The van der Waals surface area contributed by atoms with Crippen molar-refractivity contribution < 1.29 is 4.42 Å². The summed E-state index contributed by atoms with van der Waals surface area (Å²) in [6, 6.07) is 2.83. The number of hydrogen-bond donors (Lipinski definition) is 1. The quantitative estimate of drug-likeness (QED) is 0.850. The van der Waals surface area contributed by atoms with Gasteiger partial charge in [-0.05, 0) is 36.4 Å². The molecule has 6 heteroatoms. The van der Waals surface area contributed by atoms with Crippen LogP contribution in [0.3, 0.4) is 0 Å². The first-order valence-electron chi connectivity index (χ1n) is 6.70. The van der Waals surface area contributed by atoms with Gasteiger partial charge in [-0.15, -0.1) is 16.4 Å². The predicted octanol–water partition coefficient (Wildman–Crippen LogP) is 2.19. The summed E-state index contributed by atoms with van der Waals surface area (Å²) >= 11 is 1.84. The Morgan fingerprint density at radius 2 is 2.42 bits per heavy atom. The summed E-state index contributed by atoms with van der Waals surface area (Å²) < 4.78 is 5.71. The number of fused-ring (bicyclic) bond motifs is 1. The van der Waals surface area contributed by atoms with Crippen molar-refractivity contribution in [2.24, 2.45) is 0 Å². The van der Waals surface area contributed by atoms with Gasteiger partial charge in [-0.2, -0.15) is 0 Å². The Morgan fingerprint density at radius 3 is 3.32 bits per heavy atom. The van der Waals surface area contributed by atoms with Gasteiger partial charge in [0.05, 0.1) is 6.54 Å². The van der Waals surface area contributed by atoms with Crippen LogP contribution in [-0.4, -0.2) is 23.3 Å². The van der Waals surface area contributed by atoms with Crippen molar-refractivity contribution in [1.29, 1.82) is 0 Å². The van der Waals surface area contributed by atoms with E-state index in [0.29, 0.717) is 18.5 Å². The molecule has 3 heterocycles. The first-order valence-corrected chi connectivity index (χ1v) is 7.58. The van der Waals surface area contributed by atoms with Crippen molar-refractivity contribution in [2.45, 2.75) is 32.9 Å². The zero-order valence-electron chi connectivity index (χ0n) is 11.1. The van der Waals surface area contributed by atoms with Gasteiger partial charge in [0.2, 0.25) is 5.89 Å². The third kappa shape index (κ3) is 2.79. The zero-order chi connectivity index (χ0) is 13.1. The van der Waals surface area contributed by atoms with E-state index in [9.17, 15) is 0 Å². The largest absolute Gasteiger partial charge is 0.407 e. The highest BCUT2D eigenvalue weighted by Crippen LogP contribution is 2.26. The van der Waals surface area contributed by atoms with E-state index in [0.717, 1.165) is 32.5 Å². The van der Waals surface area contributed by atoms with Crippen LogP contribution in [0.25, 0.3) is 0 Å². The summed E-state index contributed by atoms with van der Waals surface area (Å²) in [6.07, 6.45) is 2.17. The lowest BCUT2D eigenvalue weighted by molar-refractivity contribution is 0.457. The number of nitrogens with one attached hydrogen (secondary N) is 1. The molecule has 3 rings (SSSR count). The molecule has 0 amide bonds. The van der Waals surface area contributed by atoms with Gasteiger partial charge in [0.15, 0.2) is 0 Å². The first-order chi connectivity index (χ1) is 9.36. The third-order valence-corrected chi connectivity index (χ3v) is 4.26. The van der Waals surface area contributed by atoms with Gasteiger partial charge in [-0.1, -0.05) is 12.0 Å². The molecule has 0 atom stereocenters. The molecule has 2 aromatic heterocycles. The van der Waals surface area contributed by atoms with Gasteiger partial charge in [0.1, 0.15) is 0 Å². The maximum absolute atomic E-state index is 5.71. The average Bonchev–Trinajstić information content (AvgIpc) is 3.06. The molecular formula is C13H18N4OS. The minimum atomic E-state index is 0.644. The molecule has 0 aromatic carbocycles. The first kappa shape index (κ1) is 12.6. The van der Waals surface area contributed by atoms with Crippen molar-refractivity contribution in [1.82, 2.24) is 15.5 Å². The topological polar surface area (TPSA) is 54.2 Å². The van der Waals surface area contributed by atoms with Crippen molar-refractivity contribution in [3.05, 3.63) is 27.8 Å². The predicted molar refractivity (Wildman–Crippen MR) is 75.4 cm³/mol. The summed E-state index contributed by atoms with van der Waals surface area (Å²) in [5.41, 5.74) is 1.39. The number of nitrogens with zero attached hydrogens (tertiary/aromatic N) is 3. The molecule has 0 aliphatic carbocycles. The highest BCUT2D eigenvalue weighted by atomic mass is 32.1. The standard InChI is InChI=1S/C13H18N4OS/c1-2-5-14-8-12-15-16-13(18-12)17-6-3-11-10(9-17)4-7-19-11/h4,7,14H,2-3,5-6,8-9H2,1H3. The Balaban J connectivity index is 1.64. The Bertz CT molecular complexity index is 536. The summed E-state index contributed by atoms with van der Waals surface area (Å²) in [6.45, 7) is 5.59. The fraction of sp³-hybridized carbons (Fsp3) is 0.538. The summed E-state index contributed by atoms with van der Waals surface area (Å²) in [5, 5.41) is 13.7. The van der Waals surface area contributed by atoms with Crippen LogP contribution < -0.4 is 10.2 Å². The van der Waals surface area contributed by atoms with Crippen LogP contribution in [-0.2, 0) is 19.5 Å². The maximum Gasteiger partial charge on any atom is 0.318 e. The van der Waals surface area contributed by atoms with Crippen LogP contribution in [0.5, 0.6) is 0 Å². The smallest absolute Gasteiger partial charge is 0.318 e. The molecule has 0 saturated carbocycles. The molecule has 0 spiro atoms. The highest BCUT2D eigenvalue weighted by molar-refractivity contribution is 7.10. The molecule has 1 aliphatic rings.